The molecule has 14 heavy (non-hydrogen) atoms. The van der Waals surface area contributed by atoms with E-state index in [-0.39, 0.29) is 11.7 Å². The summed E-state index contributed by atoms with van der Waals surface area (Å²) in [4.78, 5) is 11.5. The van der Waals surface area contributed by atoms with Crippen molar-refractivity contribution in [3.63, 3.8) is 0 Å². The van der Waals surface area contributed by atoms with Crippen molar-refractivity contribution in [1.82, 2.24) is 0 Å². The number of aliphatic hydroxyl groups is 2. The van der Waals surface area contributed by atoms with Gasteiger partial charge in [-0.25, -0.2) is 0 Å². The van der Waals surface area contributed by atoms with Crippen molar-refractivity contribution >= 4 is 5.78 Å². The second kappa shape index (κ2) is 5.44. The molecule has 4 heteroatoms. The summed E-state index contributed by atoms with van der Waals surface area (Å²) in [7, 11) is 0. The lowest BCUT2D eigenvalue weighted by Gasteiger charge is -2.26. The van der Waals surface area contributed by atoms with E-state index in [1.54, 1.807) is 27.7 Å². The summed E-state index contributed by atoms with van der Waals surface area (Å²) in [6, 6.07) is -0.535. The van der Waals surface area contributed by atoms with Crippen molar-refractivity contribution in [3.05, 3.63) is 0 Å². The molecule has 0 aromatic heterocycles. The summed E-state index contributed by atoms with van der Waals surface area (Å²) in [6.07, 6.45) is -2.13. The van der Waals surface area contributed by atoms with Crippen LogP contribution in [0.5, 0.6) is 0 Å². The van der Waals surface area contributed by atoms with Gasteiger partial charge in [0.1, 0.15) is 5.78 Å². The van der Waals surface area contributed by atoms with E-state index in [9.17, 15) is 15.0 Å². The highest BCUT2D eigenvalue weighted by Gasteiger charge is 2.31. The third-order valence-corrected chi connectivity index (χ3v) is 2.42. The lowest BCUT2D eigenvalue weighted by molar-refractivity contribution is -0.132. The molecule has 0 aliphatic heterocycles. The molecule has 0 amide bonds. The number of carbonyl (C=O) groups is 1. The standard InChI is InChI=1S/C10H21NO3/c1-5(2)8(12)6(3)9(13)10(14)7(4)11/h5-7,9-10,13-14H,11H2,1-4H3/t6-,7-,9?,10?/m0/s1. The molecule has 0 aromatic carbocycles. The van der Waals surface area contributed by atoms with Crippen LogP contribution in [0.25, 0.3) is 0 Å². The summed E-state index contributed by atoms with van der Waals surface area (Å²) in [6.45, 7) is 6.74. The van der Waals surface area contributed by atoms with E-state index >= 15 is 0 Å². The Morgan fingerprint density at radius 1 is 1.07 bits per heavy atom. The van der Waals surface area contributed by atoms with Crippen molar-refractivity contribution in [2.75, 3.05) is 0 Å². The Morgan fingerprint density at radius 3 is 1.79 bits per heavy atom. The average Bonchev–Trinajstić information content (AvgIpc) is 2.12. The normalized spacial score (nSPS) is 20.3. The molecule has 0 aliphatic rings. The van der Waals surface area contributed by atoms with Gasteiger partial charge in [0.15, 0.2) is 0 Å². The number of carbonyl (C=O) groups excluding carboxylic acids is 1. The van der Waals surface area contributed by atoms with Crippen molar-refractivity contribution in [2.45, 2.75) is 45.9 Å². The molecule has 4 nitrogen and oxygen atoms in total. The summed E-state index contributed by atoms with van der Waals surface area (Å²) in [5.41, 5.74) is 5.43. The van der Waals surface area contributed by atoms with E-state index in [1.165, 1.54) is 0 Å². The van der Waals surface area contributed by atoms with Crippen molar-refractivity contribution < 1.29 is 15.0 Å². The molecule has 0 fully saturated rings. The quantitative estimate of drug-likeness (QED) is 0.583. The summed E-state index contributed by atoms with van der Waals surface area (Å²) in [5, 5.41) is 19.1. The predicted octanol–water partition coefficient (Wildman–Crippen LogP) is -0.0834. The fourth-order valence-electron chi connectivity index (χ4n) is 1.30. The first-order valence-corrected chi connectivity index (χ1v) is 4.94. The highest BCUT2D eigenvalue weighted by atomic mass is 16.3. The van der Waals surface area contributed by atoms with Crippen molar-refractivity contribution in [1.29, 1.82) is 0 Å². The lowest BCUT2D eigenvalue weighted by Crippen LogP contribution is -2.46. The molecular weight excluding hydrogens is 182 g/mol. The first kappa shape index (κ1) is 13.5. The van der Waals surface area contributed by atoms with Gasteiger partial charge >= 0.3 is 0 Å². The SMILES string of the molecule is CC(C)C(=O)[C@H](C)C(O)C(O)[C@H](C)N. The summed E-state index contributed by atoms with van der Waals surface area (Å²) < 4.78 is 0. The van der Waals surface area contributed by atoms with Gasteiger partial charge in [0, 0.05) is 17.9 Å². The number of hydrogen-bond donors (Lipinski definition) is 3. The molecule has 0 rings (SSSR count). The van der Waals surface area contributed by atoms with E-state index in [1.807, 2.05) is 0 Å². The van der Waals surface area contributed by atoms with Crippen LogP contribution in [0.3, 0.4) is 0 Å². The maximum absolute atomic E-state index is 11.5. The highest BCUT2D eigenvalue weighted by Crippen LogP contribution is 2.14. The Kier molecular flexibility index (Phi) is 5.26. The second-order valence-electron chi connectivity index (χ2n) is 4.19. The first-order valence-electron chi connectivity index (χ1n) is 4.94. The molecule has 0 saturated carbocycles. The van der Waals surface area contributed by atoms with Crippen LogP contribution in [0, 0.1) is 11.8 Å². The van der Waals surface area contributed by atoms with E-state index < -0.39 is 24.2 Å². The second-order valence-corrected chi connectivity index (χ2v) is 4.19. The van der Waals surface area contributed by atoms with Crippen LogP contribution in [0.2, 0.25) is 0 Å². The summed E-state index contributed by atoms with van der Waals surface area (Å²) in [5.74, 6) is -0.770. The minimum Gasteiger partial charge on any atom is -0.390 e. The Labute approximate surface area is 85.1 Å². The molecule has 0 aromatic rings. The number of aliphatic hydroxyl groups excluding tert-OH is 2. The minimum atomic E-state index is -1.08. The number of Topliss-reactive ketones (excluding diaryl/α,β-unsaturated/α-hetero) is 1. The Balaban J connectivity index is 4.38. The predicted molar refractivity (Wildman–Crippen MR) is 54.7 cm³/mol. The molecule has 0 saturated heterocycles. The molecule has 2 unspecified atom stereocenters. The average molecular weight is 203 g/mol. The molecule has 4 atom stereocenters. The van der Waals surface area contributed by atoms with Crippen LogP contribution in [-0.4, -0.2) is 34.2 Å². The Bertz CT molecular complexity index is 192. The van der Waals surface area contributed by atoms with Crippen molar-refractivity contribution in [2.24, 2.45) is 17.6 Å². The van der Waals surface area contributed by atoms with Gasteiger partial charge in [-0.2, -0.15) is 0 Å². The van der Waals surface area contributed by atoms with Gasteiger partial charge in [-0.05, 0) is 6.92 Å². The van der Waals surface area contributed by atoms with E-state index in [4.69, 9.17) is 5.73 Å². The number of nitrogens with two attached hydrogens (primary N) is 1. The smallest absolute Gasteiger partial charge is 0.140 e. The molecule has 0 bridgehead atoms. The van der Waals surface area contributed by atoms with Crippen LogP contribution >= 0.6 is 0 Å². The zero-order chi connectivity index (χ0) is 11.5. The fraction of sp³-hybridized carbons (Fsp3) is 0.900. The first-order chi connectivity index (χ1) is 6.29. The van der Waals surface area contributed by atoms with Gasteiger partial charge in [0.25, 0.3) is 0 Å². The van der Waals surface area contributed by atoms with Gasteiger partial charge < -0.3 is 15.9 Å². The van der Waals surface area contributed by atoms with Crippen molar-refractivity contribution in [3.8, 4) is 0 Å². The molecule has 84 valence electrons. The summed E-state index contributed by atoms with van der Waals surface area (Å²) >= 11 is 0. The number of hydrogen-bond acceptors (Lipinski definition) is 4. The van der Waals surface area contributed by atoms with Crippen LogP contribution in [0.15, 0.2) is 0 Å². The van der Waals surface area contributed by atoms with E-state index in [2.05, 4.69) is 0 Å². The largest absolute Gasteiger partial charge is 0.390 e. The van der Waals surface area contributed by atoms with Gasteiger partial charge in [0.05, 0.1) is 12.2 Å². The van der Waals surface area contributed by atoms with Gasteiger partial charge in [0.2, 0.25) is 0 Å². The zero-order valence-corrected chi connectivity index (χ0v) is 9.27. The van der Waals surface area contributed by atoms with E-state index in [0.29, 0.717) is 0 Å². The van der Waals surface area contributed by atoms with Crippen LogP contribution in [0.4, 0.5) is 0 Å². The van der Waals surface area contributed by atoms with E-state index in [0.717, 1.165) is 0 Å². The zero-order valence-electron chi connectivity index (χ0n) is 9.27. The minimum absolute atomic E-state index is 0.0581. The lowest BCUT2D eigenvalue weighted by atomic mass is 9.88. The maximum atomic E-state index is 11.5. The number of rotatable bonds is 5. The van der Waals surface area contributed by atoms with Crippen LogP contribution in [0.1, 0.15) is 27.7 Å². The van der Waals surface area contributed by atoms with Gasteiger partial charge in [-0.3, -0.25) is 4.79 Å². The molecule has 0 spiro atoms. The molecule has 0 heterocycles. The molecule has 0 radical (unpaired) electrons. The number of ketones is 1. The Hall–Kier alpha value is -0.450. The molecule has 4 N–H and O–H groups in total. The molecule has 0 aliphatic carbocycles. The molecular formula is C10H21NO3. The Morgan fingerprint density at radius 2 is 1.50 bits per heavy atom. The maximum Gasteiger partial charge on any atom is 0.140 e. The van der Waals surface area contributed by atoms with Gasteiger partial charge in [-0.1, -0.05) is 20.8 Å². The third-order valence-electron chi connectivity index (χ3n) is 2.42. The fourth-order valence-corrected chi connectivity index (χ4v) is 1.30. The monoisotopic (exact) mass is 203 g/mol. The van der Waals surface area contributed by atoms with Crippen LogP contribution < -0.4 is 5.73 Å². The van der Waals surface area contributed by atoms with Gasteiger partial charge in [-0.15, -0.1) is 0 Å². The topological polar surface area (TPSA) is 83.5 Å². The van der Waals surface area contributed by atoms with Crippen LogP contribution in [-0.2, 0) is 4.79 Å². The highest BCUT2D eigenvalue weighted by molar-refractivity contribution is 5.83. The third kappa shape index (κ3) is 3.36.